The molecule has 0 N–H and O–H groups in total. The summed E-state index contributed by atoms with van der Waals surface area (Å²) in [5.74, 6) is 0.579. The van der Waals surface area contributed by atoms with Gasteiger partial charge in [-0.3, -0.25) is 4.79 Å². The quantitative estimate of drug-likeness (QED) is 0.676. The summed E-state index contributed by atoms with van der Waals surface area (Å²) in [5.41, 5.74) is 2.22. The van der Waals surface area contributed by atoms with Crippen LogP contribution in [0.2, 0.25) is 0 Å². The molecule has 0 bridgehead atoms. The lowest BCUT2D eigenvalue weighted by Crippen LogP contribution is -2.02. The molecule has 2 aromatic carbocycles. The van der Waals surface area contributed by atoms with Crippen LogP contribution in [0.25, 0.3) is 16.7 Å². The van der Waals surface area contributed by atoms with Crippen LogP contribution in [0, 0.1) is 6.92 Å². The van der Waals surface area contributed by atoms with Crippen molar-refractivity contribution in [3.05, 3.63) is 82.5 Å². The van der Waals surface area contributed by atoms with Crippen LogP contribution >= 0.6 is 0 Å². The van der Waals surface area contributed by atoms with E-state index in [0.29, 0.717) is 16.7 Å². The Bertz CT molecular complexity index is 861. The lowest BCUT2D eigenvalue weighted by molar-refractivity contribution is 0.373. The normalized spacial score (nSPS) is 10.5. The fourth-order valence-electron chi connectivity index (χ4n) is 2.10. The van der Waals surface area contributed by atoms with Gasteiger partial charge in [-0.05, 0) is 19.1 Å². The highest BCUT2D eigenvalue weighted by atomic mass is 16.6. The smallest absolute Gasteiger partial charge is 0.294 e. The van der Waals surface area contributed by atoms with Gasteiger partial charge in [0, 0.05) is 5.56 Å². The van der Waals surface area contributed by atoms with Gasteiger partial charge in [0.05, 0.1) is 11.5 Å². The van der Waals surface area contributed by atoms with Gasteiger partial charge in [0.2, 0.25) is 0 Å². The summed E-state index contributed by atoms with van der Waals surface area (Å²) in [6.45, 7) is 5.79. The van der Waals surface area contributed by atoms with Gasteiger partial charge in [-0.2, -0.15) is 0 Å². The van der Waals surface area contributed by atoms with Crippen molar-refractivity contribution in [2.75, 3.05) is 0 Å². The Kier molecular flexibility index (Phi) is 3.32. The molecule has 3 rings (SSSR count). The summed E-state index contributed by atoms with van der Waals surface area (Å²) in [6.07, 6.45) is 0. The second-order valence-electron chi connectivity index (χ2n) is 4.82. The van der Waals surface area contributed by atoms with Crippen LogP contribution in [-0.2, 0) is 0 Å². The number of rotatable bonds is 3. The summed E-state index contributed by atoms with van der Waals surface area (Å²) >= 11 is 0. The average Bonchev–Trinajstić information content (AvgIpc) is 2.49. The molecule has 104 valence electrons. The molecule has 0 amide bonds. The van der Waals surface area contributed by atoms with Crippen molar-refractivity contribution in [3.63, 3.8) is 0 Å². The molecule has 0 saturated heterocycles. The molecule has 1 aromatic heterocycles. The summed E-state index contributed by atoms with van der Waals surface area (Å²) in [6, 6.07) is 16.3. The Hall–Kier alpha value is -2.81. The van der Waals surface area contributed by atoms with E-state index in [9.17, 15) is 4.79 Å². The fourth-order valence-corrected chi connectivity index (χ4v) is 2.10. The standard InChI is InChI=1S/C18H14O3/c1-12-8-9-17-15(10-12)16(19)11-18(21-17)20-13(2)14-6-4-3-5-7-14/h3-11H,2H2,1H3. The van der Waals surface area contributed by atoms with E-state index in [2.05, 4.69) is 6.58 Å². The van der Waals surface area contributed by atoms with Crippen LogP contribution in [0.4, 0.5) is 0 Å². The number of aryl methyl sites for hydroxylation is 1. The minimum Gasteiger partial charge on any atom is -0.426 e. The third kappa shape index (κ3) is 2.72. The Labute approximate surface area is 122 Å². The maximum absolute atomic E-state index is 12.1. The molecule has 0 radical (unpaired) electrons. The molecule has 3 nitrogen and oxygen atoms in total. The third-order valence-electron chi connectivity index (χ3n) is 3.18. The molecule has 0 fully saturated rings. The molecule has 21 heavy (non-hydrogen) atoms. The predicted molar refractivity (Wildman–Crippen MR) is 83.3 cm³/mol. The molecule has 0 aliphatic rings. The predicted octanol–water partition coefficient (Wildman–Crippen LogP) is 4.15. The Balaban J connectivity index is 1.97. The highest BCUT2D eigenvalue weighted by Crippen LogP contribution is 2.22. The molecule has 0 aliphatic heterocycles. The zero-order valence-electron chi connectivity index (χ0n) is 11.6. The molecule has 0 unspecified atom stereocenters. The summed E-state index contributed by atoms with van der Waals surface area (Å²) in [5, 5.41) is 0.549. The van der Waals surface area contributed by atoms with Gasteiger partial charge in [0.1, 0.15) is 11.3 Å². The number of hydrogen-bond donors (Lipinski definition) is 0. The molecule has 3 heteroatoms. The number of fused-ring (bicyclic) bond motifs is 1. The number of benzene rings is 2. The highest BCUT2D eigenvalue weighted by molar-refractivity contribution is 5.77. The first-order chi connectivity index (χ1) is 10.1. The molecule has 0 aliphatic carbocycles. The van der Waals surface area contributed by atoms with E-state index in [1.54, 1.807) is 12.1 Å². The molecular formula is C18H14O3. The first-order valence-corrected chi connectivity index (χ1v) is 6.60. The summed E-state index contributed by atoms with van der Waals surface area (Å²) in [4.78, 5) is 12.1. The van der Waals surface area contributed by atoms with E-state index in [1.165, 1.54) is 6.07 Å². The highest BCUT2D eigenvalue weighted by Gasteiger charge is 2.08. The Morgan fingerprint density at radius 2 is 1.86 bits per heavy atom. The second-order valence-corrected chi connectivity index (χ2v) is 4.82. The molecule has 1 heterocycles. The van der Waals surface area contributed by atoms with Crippen molar-refractivity contribution < 1.29 is 9.15 Å². The van der Waals surface area contributed by atoms with Gasteiger partial charge in [0.15, 0.2) is 5.43 Å². The van der Waals surface area contributed by atoms with Crippen molar-refractivity contribution >= 4 is 16.7 Å². The first kappa shape index (κ1) is 13.2. The van der Waals surface area contributed by atoms with Crippen molar-refractivity contribution in [1.29, 1.82) is 0 Å². The van der Waals surface area contributed by atoms with Gasteiger partial charge >= 0.3 is 0 Å². The zero-order chi connectivity index (χ0) is 14.8. The van der Waals surface area contributed by atoms with E-state index in [4.69, 9.17) is 9.15 Å². The second kappa shape index (κ2) is 5.29. The average molecular weight is 278 g/mol. The van der Waals surface area contributed by atoms with E-state index in [1.807, 2.05) is 43.3 Å². The minimum absolute atomic E-state index is 0.129. The molecule has 0 atom stereocenters. The largest absolute Gasteiger partial charge is 0.426 e. The molecule has 0 spiro atoms. The summed E-state index contributed by atoms with van der Waals surface area (Å²) in [7, 11) is 0. The van der Waals surface area contributed by atoms with Crippen LogP contribution in [0.5, 0.6) is 5.95 Å². The lowest BCUT2D eigenvalue weighted by atomic mass is 10.1. The van der Waals surface area contributed by atoms with E-state index < -0.39 is 0 Å². The Morgan fingerprint density at radius 3 is 2.62 bits per heavy atom. The maximum Gasteiger partial charge on any atom is 0.294 e. The topological polar surface area (TPSA) is 39.4 Å². The van der Waals surface area contributed by atoms with Crippen LogP contribution in [0.15, 0.2) is 70.4 Å². The number of hydrogen-bond acceptors (Lipinski definition) is 3. The van der Waals surface area contributed by atoms with Crippen LogP contribution in [0.1, 0.15) is 11.1 Å². The van der Waals surface area contributed by atoms with Gasteiger partial charge in [-0.25, -0.2) is 0 Å². The maximum atomic E-state index is 12.1. The molecule has 0 saturated carbocycles. The monoisotopic (exact) mass is 278 g/mol. The van der Waals surface area contributed by atoms with Gasteiger partial charge < -0.3 is 9.15 Å². The Morgan fingerprint density at radius 1 is 1.10 bits per heavy atom. The van der Waals surface area contributed by atoms with Crippen molar-refractivity contribution in [2.45, 2.75) is 6.92 Å². The van der Waals surface area contributed by atoms with Crippen molar-refractivity contribution in [3.8, 4) is 5.95 Å². The lowest BCUT2D eigenvalue weighted by Gasteiger charge is -2.08. The van der Waals surface area contributed by atoms with E-state index in [0.717, 1.165) is 11.1 Å². The van der Waals surface area contributed by atoms with Crippen LogP contribution < -0.4 is 10.2 Å². The molecule has 3 aromatic rings. The van der Waals surface area contributed by atoms with Crippen molar-refractivity contribution in [2.24, 2.45) is 0 Å². The zero-order valence-corrected chi connectivity index (χ0v) is 11.6. The fraction of sp³-hybridized carbons (Fsp3) is 0.0556. The molecular weight excluding hydrogens is 264 g/mol. The minimum atomic E-state index is -0.129. The van der Waals surface area contributed by atoms with Crippen molar-refractivity contribution in [1.82, 2.24) is 0 Å². The van der Waals surface area contributed by atoms with E-state index in [-0.39, 0.29) is 11.4 Å². The third-order valence-corrected chi connectivity index (χ3v) is 3.18. The number of ether oxygens (including phenoxy) is 1. The van der Waals surface area contributed by atoms with Gasteiger partial charge in [0.25, 0.3) is 5.95 Å². The van der Waals surface area contributed by atoms with Crippen LogP contribution in [0.3, 0.4) is 0 Å². The van der Waals surface area contributed by atoms with Gasteiger partial charge in [-0.1, -0.05) is 48.5 Å². The van der Waals surface area contributed by atoms with Crippen LogP contribution in [-0.4, -0.2) is 0 Å². The van der Waals surface area contributed by atoms with Gasteiger partial charge in [-0.15, -0.1) is 0 Å². The summed E-state index contributed by atoms with van der Waals surface area (Å²) < 4.78 is 11.2. The van der Waals surface area contributed by atoms with E-state index >= 15 is 0 Å². The first-order valence-electron chi connectivity index (χ1n) is 6.60. The SMILES string of the molecule is C=C(Oc1cc(=O)c2cc(C)ccc2o1)c1ccccc1.